The summed E-state index contributed by atoms with van der Waals surface area (Å²) >= 11 is 0. The number of benzene rings is 3. The van der Waals surface area contributed by atoms with Crippen molar-refractivity contribution in [3.63, 3.8) is 0 Å². The largest absolute Gasteiger partial charge is 0.416 e. The molecule has 2 aliphatic carbocycles. The number of halogens is 4. The summed E-state index contributed by atoms with van der Waals surface area (Å²) in [7, 11) is 0. The van der Waals surface area contributed by atoms with Crippen molar-refractivity contribution in [2.75, 3.05) is 18.4 Å². The van der Waals surface area contributed by atoms with Gasteiger partial charge in [0.05, 0.1) is 5.56 Å². The van der Waals surface area contributed by atoms with Crippen LogP contribution < -0.4 is 10.6 Å². The number of piperidine rings is 1. The van der Waals surface area contributed by atoms with Crippen LogP contribution in [0, 0.1) is 11.7 Å². The van der Waals surface area contributed by atoms with Gasteiger partial charge in [-0.05, 0) is 147 Å². The van der Waals surface area contributed by atoms with E-state index in [2.05, 4.69) is 22.8 Å². The van der Waals surface area contributed by atoms with Crippen LogP contribution in [0.4, 0.5) is 28.0 Å². The van der Waals surface area contributed by atoms with Crippen molar-refractivity contribution < 1.29 is 27.2 Å². The Labute approximate surface area is 273 Å². The molecule has 0 aromatic heterocycles. The van der Waals surface area contributed by atoms with Crippen molar-refractivity contribution in [1.29, 1.82) is 0 Å². The van der Waals surface area contributed by atoms with Crippen LogP contribution in [0.3, 0.4) is 0 Å². The molecule has 0 spiro atoms. The molecule has 3 aromatic rings. The summed E-state index contributed by atoms with van der Waals surface area (Å²) in [6.45, 7) is 1.02. The van der Waals surface area contributed by atoms with E-state index in [0.717, 1.165) is 63.4 Å². The van der Waals surface area contributed by atoms with Crippen LogP contribution in [0.5, 0.6) is 0 Å². The number of allylic oxidation sites excluding steroid dienone is 2. The van der Waals surface area contributed by atoms with Gasteiger partial charge < -0.3 is 15.5 Å². The third-order valence-electron chi connectivity index (χ3n) is 10.0. The van der Waals surface area contributed by atoms with Gasteiger partial charge in [-0.25, -0.2) is 9.18 Å². The van der Waals surface area contributed by atoms with Crippen molar-refractivity contribution >= 4 is 23.2 Å². The molecule has 1 unspecified atom stereocenters. The lowest BCUT2D eigenvalue weighted by atomic mass is 9.89. The summed E-state index contributed by atoms with van der Waals surface area (Å²) in [4.78, 5) is 27.8. The quantitative estimate of drug-likeness (QED) is 0.262. The van der Waals surface area contributed by atoms with Crippen molar-refractivity contribution in [2.24, 2.45) is 5.92 Å². The number of anilines is 1. The Morgan fingerprint density at radius 1 is 0.830 bits per heavy atom. The first-order valence-electron chi connectivity index (χ1n) is 16.7. The molecule has 1 atom stereocenters. The molecule has 2 N–H and O–H groups in total. The van der Waals surface area contributed by atoms with Gasteiger partial charge in [-0.15, -0.1) is 0 Å². The number of hydrogen-bond acceptors (Lipinski definition) is 2. The lowest BCUT2D eigenvalue weighted by Gasteiger charge is -2.32. The number of likely N-dealkylation sites (tertiary alicyclic amines) is 1. The van der Waals surface area contributed by atoms with Gasteiger partial charge in [-0.3, -0.25) is 4.79 Å². The Balaban J connectivity index is 1.04. The number of nitrogens with one attached hydrogen (secondary N) is 2. The first-order chi connectivity index (χ1) is 22.6. The minimum atomic E-state index is -4.31. The molecule has 1 aliphatic heterocycles. The fourth-order valence-electron chi connectivity index (χ4n) is 7.26. The minimum Gasteiger partial charge on any atom is -0.349 e. The molecule has 0 bridgehead atoms. The number of rotatable bonds is 6. The molecule has 47 heavy (non-hydrogen) atoms. The van der Waals surface area contributed by atoms with Crippen molar-refractivity contribution in [2.45, 2.75) is 82.8 Å². The second-order valence-corrected chi connectivity index (χ2v) is 13.2. The Bertz CT molecular complexity index is 1610. The van der Waals surface area contributed by atoms with Crippen molar-refractivity contribution in [3.05, 3.63) is 106 Å². The monoisotopic (exact) mass is 647 g/mol. The minimum absolute atomic E-state index is 0.0331. The molecule has 5 nitrogen and oxygen atoms in total. The fourth-order valence-corrected chi connectivity index (χ4v) is 7.26. The van der Waals surface area contributed by atoms with E-state index in [1.807, 2.05) is 6.07 Å². The number of urea groups is 1. The molecular weight excluding hydrogens is 606 g/mol. The van der Waals surface area contributed by atoms with Gasteiger partial charge in [0.2, 0.25) is 0 Å². The van der Waals surface area contributed by atoms with Crippen molar-refractivity contribution in [3.8, 4) is 0 Å². The normalized spacial score (nSPS) is 18.9. The molecule has 9 heteroatoms. The van der Waals surface area contributed by atoms with Crippen LogP contribution in [0.25, 0.3) is 5.57 Å². The maximum absolute atomic E-state index is 13.4. The predicted molar refractivity (Wildman–Crippen MR) is 176 cm³/mol. The highest BCUT2D eigenvalue weighted by atomic mass is 19.4. The molecule has 0 saturated carbocycles. The molecule has 1 heterocycles. The van der Waals surface area contributed by atoms with Crippen molar-refractivity contribution in [1.82, 2.24) is 10.2 Å². The molecule has 3 amide bonds. The summed E-state index contributed by atoms with van der Waals surface area (Å²) in [6, 6.07) is 17.1. The summed E-state index contributed by atoms with van der Waals surface area (Å²) in [5.74, 6) is 0.0425. The summed E-state index contributed by atoms with van der Waals surface area (Å²) in [5.41, 5.74) is 6.87. The van der Waals surface area contributed by atoms with Crippen LogP contribution in [0.1, 0.15) is 90.4 Å². The van der Waals surface area contributed by atoms with E-state index in [-0.39, 0.29) is 23.8 Å². The molecule has 1 fully saturated rings. The highest BCUT2D eigenvalue weighted by Crippen LogP contribution is 2.41. The van der Waals surface area contributed by atoms with E-state index in [0.29, 0.717) is 43.1 Å². The van der Waals surface area contributed by atoms with Crippen LogP contribution in [0.15, 0.2) is 72.3 Å². The Morgan fingerprint density at radius 2 is 1.55 bits per heavy atom. The van der Waals surface area contributed by atoms with Crippen LogP contribution in [-0.2, 0) is 19.0 Å². The number of amides is 3. The molecule has 248 valence electrons. The lowest BCUT2D eigenvalue weighted by Crippen LogP contribution is -2.47. The molecular formula is C38H41F4N3O2. The number of carbonyl (C=O) groups excluding carboxylic acids is 2. The summed E-state index contributed by atoms with van der Waals surface area (Å²) in [6.07, 6.45) is 5.92. The van der Waals surface area contributed by atoms with Gasteiger partial charge in [-0.1, -0.05) is 23.8 Å². The highest BCUT2D eigenvalue weighted by Gasteiger charge is 2.30. The topological polar surface area (TPSA) is 61.4 Å². The zero-order valence-electron chi connectivity index (χ0n) is 26.5. The molecule has 3 aromatic carbocycles. The fraction of sp³-hybridized carbons (Fsp3) is 0.421. The van der Waals surface area contributed by atoms with Gasteiger partial charge in [-0.2, -0.15) is 13.2 Å². The summed E-state index contributed by atoms with van der Waals surface area (Å²) in [5, 5.41) is 5.99. The SMILES string of the molecule is O=C(NC1CCN(C(=O)Nc2ccc(F)cc2)CC1)c1ccc2c(c1)C1=C(CCC2)CCC(CCc2ccc(C(F)(F)F)cc2)CC1. The van der Waals surface area contributed by atoms with Gasteiger partial charge in [0.1, 0.15) is 5.82 Å². The Hall–Kier alpha value is -4.14. The lowest BCUT2D eigenvalue weighted by molar-refractivity contribution is -0.137. The number of hydrogen-bond donors (Lipinski definition) is 2. The van der Waals surface area contributed by atoms with Gasteiger partial charge in [0.15, 0.2) is 0 Å². The number of alkyl halides is 3. The van der Waals surface area contributed by atoms with E-state index in [4.69, 9.17) is 0 Å². The molecule has 1 saturated heterocycles. The number of aryl methyl sites for hydroxylation is 2. The number of carbonyl (C=O) groups is 2. The number of fused-ring (bicyclic) bond motifs is 2. The third kappa shape index (κ3) is 8.24. The molecule has 6 rings (SSSR count). The first kappa shape index (κ1) is 32.8. The maximum Gasteiger partial charge on any atom is 0.416 e. The first-order valence-corrected chi connectivity index (χ1v) is 16.7. The Kier molecular flexibility index (Phi) is 9.99. The van der Waals surface area contributed by atoms with E-state index < -0.39 is 11.7 Å². The molecule has 3 aliphatic rings. The number of nitrogens with zero attached hydrogens (tertiary/aromatic N) is 1. The van der Waals surface area contributed by atoms with E-state index in [9.17, 15) is 27.2 Å². The van der Waals surface area contributed by atoms with Crippen LogP contribution in [-0.4, -0.2) is 36.0 Å². The average molecular weight is 648 g/mol. The van der Waals surface area contributed by atoms with Gasteiger partial charge in [0.25, 0.3) is 5.91 Å². The second kappa shape index (κ2) is 14.3. The van der Waals surface area contributed by atoms with Crippen LogP contribution in [0.2, 0.25) is 0 Å². The average Bonchev–Trinajstić information content (AvgIpc) is 3.37. The van der Waals surface area contributed by atoms with Crippen LogP contribution >= 0.6 is 0 Å². The third-order valence-corrected chi connectivity index (χ3v) is 10.0. The Morgan fingerprint density at radius 3 is 2.28 bits per heavy atom. The highest BCUT2D eigenvalue weighted by molar-refractivity contribution is 5.96. The second-order valence-electron chi connectivity index (χ2n) is 13.2. The van der Waals surface area contributed by atoms with Gasteiger partial charge >= 0.3 is 12.2 Å². The maximum atomic E-state index is 13.4. The van der Waals surface area contributed by atoms with E-state index in [1.54, 1.807) is 17.0 Å². The van der Waals surface area contributed by atoms with Gasteiger partial charge in [0, 0.05) is 30.4 Å². The zero-order valence-corrected chi connectivity index (χ0v) is 26.5. The predicted octanol–water partition coefficient (Wildman–Crippen LogP) is 9.18. The standard InChI is InChI=1S/C38H41F4N3O2/c39-31-15-17-32(18-16-31)44-37(47)45-22-20-33(21-23-45)43-36(46)29-12-11-28-3-1-2-27-10-6-25(9-19-34(27)35(28)24-29)4-5-26-7-13-30(14-8-26)38(40,41)42/h7-8,11-18,24-25,33H,1-6,9-10,19-23H2,(H,43,46)(H,44,47). The zero-order chi connectivity index (χ0) is 33.0. The van der Waals surface area contributed by atoms with E-state index >= 15 is 0 Å². The molecule has 0 radical (unpaired) electrons. The smallest absolute Gasteiger partial charge is 0.349 e. The van der Waals surface area contributed by atoms with E-state index in [1.165, 1.54) is 58.7 Å². The summed E-state index contributed by atoms with van der Waals surface area (Å²) < 4.78 is 52.0.